The summed E-state index contributed by atoms with van der Waals surface area (Å²) in [5, 5.41) is 0.447. The van der Waals surface area contributed by atoms with E-state index in [1.807, 2.05) is 0 Å². The Labute approximate surface area is 149 Å². The molecule has 1 aliphatic heterocycles. The number of fused-ring (bicyclic) bond motifs is 1. The largest absolute Gasteiger partial charge is 0.425 e. The van der Waals surface area contributed by atoms with Gasteiger partial charge in [-0.15, -0.1) is 0 Å². The van der Waals surface area contributed by atoms with Gasteiger partial charge in [0.05, 0.1) is 23.3 Å². The second-order valence-corrected chi connectivity index (χ2v) is 6.89. The lowest BCUT2D eigenvalue weighted by Crippen LogP contribution is -2.33. The topological polar surface area (TPSA) is 63.7 Å². The fraction of sp³-hybridized carbons (Fsp3) is 0.471. The second kappa shape index (κ2) is 7.11. The fourth-order valence-electron chi connectivity index (χ4n) is 3.39. The molecule has 5 nitrogen and oxygen atoms in total. The minimum absolute atomic E-state index is 0.0433. The molecule has 0 aromatic heterocycles. The van der Waals surface area contributed by atoms with Crippen molar-refractivity contribution in [3.05, 3.63) is 28.2 Å². The molecular formula is C17H17Cl2NO4. The third-order valence-electron chi connectivity index (χ3n) is 4.61. The molecule has 1 aromatic carbocycles. The van der Waals surface area contributed by atoms with Gasteiger partial charge in [-0.05, 0) is 25.0 Å². The molecule has 2 aliphatic rings. The highest BCUT2D eigenvalue weighted by Gasteiger charge is 2.47. The molecule has 3 rings (SSSR count). The number of imide groups is 1. The van der Waals surface area contributed by atoms with Crippen molar-refractivity contribution in [1.29, 1.82) is 0 Å². The molecule has 1 aromatic rings. The van der Waals surface area contributed by atoms with Crippen LogP contribution in [0.1, 0.15) is 32.1 Å². The van der Waals surface area contributed by atoms with Crippen LogP contribution < -0.4 is 4.74 Å². The summed E-state index contributed by atoms with van der Waals surface area (Å²) >= 11 is 11.8. The van der Waals surface area contributed by atoms with Crippen LogP contribution in [-0.2, 0) is 14.4 Å². The zero-order valence-corrected chi connectivity index (χ0v) is 14.5. The molecule has 1 saturated heterocycles. The second-order valence-electron chi connectivity index (χ2n) is 6.10. The van der Waals surface area contributed by atoms with E-state index in [0.29, 0.717) is 0 Å². The van der Waals surface area contributed by atoms with Gasteiger partial charge >= 0.3 is 5.97 Å². The first-order chi connectivity index (χ1) is 11.5. The number of carbonyl (C=O) groups excluding carboxylic acids is 3. The Balaban J connectivity index is 1.59. The number of hydrogen-bond donors (Lipinski definition) is 0. The maximum Gasteiger partial charge on any atom is 0.313 e. The number of esters is 1. The maximum atomic E-state index is 12.3. The standard InChI is InChI=1S/C17H17Cl2NO4/c18-12-6-3-7-13(15(12)19)24-14(21)8-9-20-16(22)10-4-1-2-5-11(10)17(20)23/h3,6-7,10-11H,1-2,4-5,8-9H2/t10-,11-/m0/s1. The Morgan fingerprint density at radius 2 is 1.75 bits per heavy atom. The third-order valence-corrected chi connectivity index (χ3v) is 5.41. The number of amides is 2. The molecule has 1 heterocycles. The monoisotopic (exact) mass is 369 g/mol. The van der Waals surface area contributed by atoms with Gasteiger partial charge in [-0.3, -0.25) is 19.3 Å². The van der Waals surface area contributed by atoms with Crippen LogP contribution in [0.4, 0.5) is 0 Å². The highest BCUT2D eigenvalue weighted by molar-refractivity contribution is 6.43. The summed E-state index contributed by atoms with van der Waals surface area (Å²) in [6.07, 6.45) is 3.40. The summed E-state index contributed by atoms with van der Waals surface area (Å²) in [5.74, 6) is -1.11. The lowest BCUT2D eigenvalue weighted by molar-refractivity contribution is -0.141. The Hall–Kier alpha value is -1.59. The summed E-state index contributed by atoms with van der Waals surface area (Å²) in [4.78, 5) is 37.9. The van der Waals surface area contributed by atoms with Crippen molar-refractivity contribution in [2.45, 2.75) is 32.1 Å². The molecule has 7 heteroatoms. The Morgan fingerprint density at radius 1 is 1.12 bits per heavy atom. The predicted octanol–water partition coefficient (Wildman–Crippen LogP) is 3.46. The average Bonchev–Trinajstić information content (AvgIpc) is 2.82. The summed E-state index contributed by atoms with van der Waals surface area (Å²) < 4.78 is 5.17. The van der Waals surface area contributed by atoms with Crippen molar-refractivity contribution in [3.63, 3.8) is 0 Å². The van der Waals surface area contributed by atoms with E-state index < -0.39 is 5.97 Å². The summed E-state index contributed by atoms with van der Waals surface area (Å²) in [7, 11) is 0. The van der Waals surface area contributed by atoms with Crippen LogP contribution in [0.3, 0.4) is 0 Å². The van der Waals surface area contributed by atoms with E-state index in [4.69, 9.17) is 27.9 Å². The summed E-state index contributed by atoms with van der Waals surface area (Å²) in [6, 6.07) is 4.74. The van der Waals surface area contributed by atoms with Gasteiger partial charge in [0.25, 0.3) is 0 Å². The first kappa shape index (κ1) is 17.2. The zero-order chi connectivity index (χ0) is 17.3. The predicted molar refractivity (Wildman–Crippen MR) is 88.9 cm³/mol. The Kier molecular flexibility index (Phi) is 5.11. The van der Waals surface area contributed by atoms with Gasteiger partial charge in [0, 0.05) is 6.54 Å². The summed E-state index contributed by atoms with van der Waals surface area (Å²) in [6.45, 7) is 0.0433. The van der Waals surface area contributed by atoms with E-state index in [-0.39, 0.29) is 52.4 Å². The van der Waals surface area contributed by atoms with Crippen LogP contribution in [0.25, 0.3) is 0 Å². The van der Waals surface area contributed by atoms with Crippen LogP contribution in [0.2, 0.25) is 10.0 Å². The van der Waals surface area contributed by atoms with E-state index in [2.05, 4.69) is 0 Å². The molecule has 2 amide bonds. The van der Waals surface area contributed by atoms with Crippen LogP contribution in [0.5, 0.6) is 5.75 Å². The minimum atomic E-state index is -0.561. The van der Waals surface area contributed by atoms with Gasteiger partial charge in [0.2, 0.25) is 11.8 Å². The first-order valence-corrected chi connectivity index (χ1v) is 8.74. The normalized spacial score (nSPS) is 23.3. The Morgan fingerprint density at radius 3 is 2.38 bits per heavy atom. The van der Waals surface area contributed by atoms with Gasteiger partial charge in [0.1, 0.15) is 5.02 Å². The quantitative estimate of drug-likeness (QED) is 0.463. The highest BCUT2D eigenvalue weighted by atomic mass is 35.5. The average molecular weight is 370 g/mol. The number of rotatable bonds is 4. The number of carbonyl (C=O) groups is 3. The van der Waals surface area contributed by atoms with Crippen molar-refractivity contribution < 1.29 is 19.1 Å². The van der Waals surface area contributed by atoms with Crippen LogP contribution in [-0.4, -0.2) is 29.2 Å². The SMILES string of the molecule is O=C(CCN1C(=O)[C@H]2CCCC[C@@H]2C1=O)Oc1cccc(Cl)c1Cl. The summed E-state index contributed by atoms with van der Waals surface area (Å²) in [5.41, 5.74) is 0. The molecule has 0 spiro atoms. The zero-order valence-electron chi connectivity index (χ0n) is 13.0. The van der Waals surface area contributed by atoms with E-state index in [0.717, 1.165) is 25.7 Å². The van der Waals surface area contributed by atoms with Crippen LogP contribution in [0.15, 0.2) is 18.2 Å². The van der Waals surface area contributed by atoms with Crippen molar-refractivity contribution in [1.82, 2.24) is 4.90 Å². The molecule has 1 saturated carbocycles. The first-order valence-electron chi connectivity index (χ1n) is 7.99. The van der Waals surface area contributed by atoms with Gasteiger partial charge in [-0.25, -0.2) is 0 Å². The van der Waals surface area contributed by atoms with Crippen molar-refractivity contribution >= 4 is 41.0 Å². The van der Waals surface area contributed by atoms with Crippen molar-refractivity contribution in [3.8, 4) is 5.75 Å². The van der Waals surface area contributed by atoms with Crippen molar-refractivity contribution in [2.24, 2.45) is 11.8 Å². The van der Waals surface area contributed by atoms with Gasteiger partial charge < -0.3 is 4.74 Å². The molecule has 24 heavy (non-hydrogen) atoms. The lowest BCUT2D eigenvalue weighted by Gasteiger charge is -2.19. The Bertz CT molecular complexity index is 667. The molecule has 0 bridgehead atoms. The molecule has 128 valence electrons. The lowest BCUT2D eigenvalue weighted by atomic mass is 9.81. The van der Waals surface area contributed by atoms with Gasteiger partial charge in [-0.2, -0.15) is 0 Å². The molecule has 0 radical (unpaired) electrons. The minimum Gasteiger partial charge on any atom is -0.425 e. The maximum absolute atomic E-state index is 12.3. The van der Waals surface area contributed by atoms with Gasteiger partial charge in [-0.1, -0.05) is 42.1 Å². The molecule has 0 N–H and O–H groups in total. The molecular weight excluding hydrogens is 353 g/mol. The molecule has 2 atom stereocenters. The number of nitrogens with zero attached hydrogens (tertiary/aromatic N) is 1. The number of hydrogen-bond acceptors (Lipinski definition) is 4. The van der Waals surface area contributed by atoms with Crippen molar-refractivity contribution in [2.75, 3.05) is 6.54 Å². The highest BCUT2D eigenvalue weighted by Crippen LogP contribution is 2.38. The number of ether oxygens (including phenoxy) is 1. The molecule has 1 aliphatic carbocycles. The number of likely N-dealkylation sites (tertiary alicyclic amines) is 1. The molecule has 0 unspecified atom stereocenters. The molecule has 2 fully saturated rings. The fourth-order valence-corrected chi connectivity index (χ4v) is 3.72. The van der Waals surface area contributed by atoms with Gasteiger partial charge in [0.15, 0.2) is 5.75 Å². The van der Waals surface area contributed by atoms with E-state index >= 15 is 0 Å². The van der Waals surface area contributed by atoms with Crippen LogP contribution >= 0.6 is 23.2 Å². The number of benzene rings is 1. The van der Waals surface area contributed by atoms with E-state index in [1.165, 1.54) is 11.0 Å². The van der Waals surface area contributed by atoms with Crippen LogP contribution in [0, 0.1) is 11.8 Å². The number of halogens is 2. The van der Waals surface area contributed by atoms with E-state index in [9.17, 15) is 14.4 Å². The third kappa shape index (κ3) is 3.28. The smallest absolute Gasteiger partial charge is 0.313 e. The van der Waals surface area contributed by atoms with E-state index in [1.54, 1.807) is 12.1 Å².